The van der Waals surface area contributed by atoms with Crippen LogP contribution in [0.2, 0.25) is 5.02 Å². The third kappa shape index (κ3) is 2.46. The minimum atomic E-state index is -0.834. The van der Waals surface area contributed by atoms with E-state index >= 15 is 0 Å². The van der Waals surface area contributed by atoms with Gasteiger partial charge < -0.3 is 0 Å². The summed E-state index contributed by atoms with van der Waals surface area (Å²) >= 11 is 5.99. The van der Waals surface area contributed by atoms with Gasteiger partial charge in [-0.1, -0.05) is 37.1 Å². The Balaban J connectivity index is 2.39. The van der Waals surface area contributed by atoms with Gasteiger partial charge in [0.2, 0.25) is 11.8 Å². The molecule has 0 saturated carbocycles. The molecule has 0 radical (unpaired) electrons. The van der Waals surface area contributed by atoms with Crippen molar-refractivity contribution in [2.24, 2.45) is 5.92 Å². The van der Waals surface area contributed by atoms with E-state index in [0.717, 1.165) is 4.90 Å². The highest BCUT2D eigenvalue weighted by Crippen LogP contribution is 2.29. The molecular formula is C13H13ClN2O3. The highest BCUT2D eigenvalue weighted by Gasteiger charge is 2.41. The maximum Gasteiger partial charge on any atom is 0.335 e. The van der Waals surface area contributed by atoms with E-state index in [0.29, 0.717) is 18.5 Å². The number of carbonyl (C=O) groups excluding carboxylic acids is 3. The first-order valence-corrected chi connectivity index (χ1v) is 6.37. The quantitative estimate of drug-likeness (QED) is 0.864. The molecular weight excluding hydrogens is 268 g/mol. The highest BCUT2D eigenvalue weighted by atomic mass is 35.5. The third-order valence-corrected chi connectivity index (χ3v) is 3.26. The molecule has 1 atom stereocenters. The molecule has 1 aliphatic rings. The molecule has 1 N–H and O–H groups in total. The summed E-state index contributed by atoms with van der Waals surface area (Å²) < 4.78 is 0. The second-order valence-electron chi connectivity index (χ2n) is 4.26. The van der Waals surface area contributed by atoms with Crippen LogP contribution >= 0.6 is 11.6 Å². The van der Waals surface area contributed by atoms with Crippen LogP contribution in [-0.4, -0.2) is 17.8 Å². The summed E-state index contributed by atoms with van der Waals surface area (Å²) in [4.78, 5) is 36.7. The molecule has 1 fully saturated rings. The Bertz CT molecular complexity index is 544. The van der Waals surface area contributed by atoms with Gasteiger partial charge in [0.05, 0.1) is 10.7 Å². The molecule has 19 heavy (non-hydrogen) atoms. The van der Waals surface area contributed by atoms with Gasteiger partial charge in [-0.2, -0.15) is 0 Å². The number of benzene rings is 1. The smallest absolute Gasteiger partial charge is 0.277 e. The molecule has 0 aliphatic carbocycles. The number of hydrogen-bond acceptors (Lipinski definition) is 3. The maximum atomic E-state index is 12.3. The van der Waals surface area contributed by atoms with E-state index in [2.05, 4.69) is 5.32 Å². The second-order valence-corrected chi connectivity index (χ2v) is 4.67. The molecule has 0 spiro atoms. The van der Waals surface area contributed by atoms with Crippen LogP contribution < -0.4 is 10.2 Å². The van der Waals surface area contributed by atoms with Gasteiger partial charge in [0.15, 0.2) is 0 Å². The van der Waals surface area contributed by atoms with Gasteiger partial charge in [-0.25, -0.2) is 9.69 Å². The summed E-state index contributed by atoms with van der Waals surface area (Å²) in [5, 5.41) is 2.48. The lowest BCUT2D eigenvalue weighted by atomic mass is 9.99. The number of amides is 4. The van der Waals surface area contributed by atoms with E-state index in [-0.39, 0.29) is 5.02 Å². The van der Waals surface area contributed by atoms with Crippen LogP contribution in [0.5, 0.6) is 0 Å². The molecule has 1 aliphatic heterocycles. The van der Waals surface area contributed by atoms with Crippen LogP contribution in [0, 0.1) is 5.92 Å². The van der Waals surface area contributed by atoms with E-state index in [1.54, 1.807) is 24.3 Å². The van der Waals surface area contributed by atoms with Crippen molar-refractivity contribution in [3.8, 4) is 0 Å². The van der Waals surface area contributed by atoms with Crippen molar-refractivity contribution in [2.75, 3.05) is 4.90 Å². The van der Waals surface area contributed by atoms with E-state index in [9.17, 15) is 14.4 Å². The summed E-state index contributed by atoms with van der Waals surface area (Å²) in [5.74, 6) is -1.90. The van der Waals surface area contributed by atoms with Crippen LogP contribution in [0.25, 0.3) is 0 Å². The monoisotopic (exact) mass is 280 g/mol. The topological polar surface area (TPSA) is 66.5 Å². The number of carbonyl (C=O) groups is 3. The van der Waals surface area contributed by atoms with E-state index in [4.69, 9.17) is 11.6 Å². The SMILES string of the molecule is CCCC1C(=O)NC(=O)N(c2ccccc2Cl)C1=O. The lowest BCUT2D eigenvalue weighted by molar-refractivity contribution is -0.134. The Morgan fingerprint density at radius 3 is 2.58 bits per heavy atom. The standard InChI is InChI=1S/C13H13ClN2O3/c1-2-5-8-11(17)15-13(19)16(12(8)18)10-7-4-3-6-9(10)14/h3-4,6-8H,2,5H2,1H3,(H,15,17,19). The highest BCUT2D eigenvalue weighted by molar-refractivity contribution is 6.36. The number of para-hydroxylation sites is 1. The number of urea groups is 1. The van der Waals surface area contributed by atoms with Crippen molar-refractivity contribution in [1.29, 1.82) is 0 Å². The molecule has 100 valence electrons. The molecule has 1 aromatic carbocycles. The van der Waals surface area contributed by atoms with Gasteiger partial charge in [-0.05, 0) is 18.6 Å². The third-order valence-electron chi connectivity index (χ3n) is 2.94. The Morgan fingerprint density at radius 2 is 1.95 bits per heavy atom. The molecule has 0 aromatic heterocycles. The Morgan fingerprint density at radius 1 is 1.26 bits per heavy atom. The summed E-state index contributed by atoms with van der Waals surface area (Å²) in [7, 11) is 0. The molecule has 5 nitrogen and oxygen atoms in total. The fraction of sp³-hybridized carbons (Fsp3) is 0.308. The summed E-state index contributed by atoms with van der Waals surface area (Å²) in [5.41, 5.74) is 0.292. The van der Waals surface area contributed by atoms with Gasteiger partial charge in [-0.15, -0.1) is 0 Å². The predicted octanol–water partition coefficient (Wildman–Crippen LogP) is 2.34. The van der Waals surface area contributed by atoms with Crippen molar-refractivity contribution >= 4 is 35.1 Å². The van der Waals surface area contributed by atoms with Gasteiger partial charge in [0.25, 0.3) is 0 Å². The zero-order valence-corrected chi connectivity index (χ0v) is 11.1. The van der Waals surface area contributed by atoms with Crippen molar-refractivity contribution < 1.29 is 14.4 Å². The number of nitrogens with zero attached hydrogens (tertiary/aromatic N) is 1. The first-order chi connectivity index (χ1) is 9.06. The Hall–Kier alpha value is -1.88. The number of barbiturate groups is 1. The lowest BCUT2D eigenvalue weighted by Gasteiger charge is -2.30. The van der Waals surface area contributed by atoms with Crippen molar-refractivity contribution in [1.82, 2.24) is 5.32 Å². The fourth-order valence-corrected chi connectivity index (χ4v) is 2.24. The minimum absolute atomic E-state index is 0.288. The number of imide groups is 2. The van der Waals surface area contributed by atoms with Crippen LogP contribution in [0.4, 0.5) is 10.5 Å². The summed E-state index contributed by atoms with van der Waals surface area (Å²) in [6.07, 6.45) is 1.08. The number of hydrogen-bond donors (Lipinski definition) is 1. The Labute approximate surface area is 115 Å². The van der Waals surface area contributed by atoms with Gasteiger partial charge >= 0.3 is 6.03 Å². The van der Waals surface area contributed by atoms with E-state index < -0.39 is 23.8 Å². The number of nitrogens with one attached hydrogen (secondary N) is 1. The first kappa shape index (κ1) is 13.5. The van der Waals surface area contributed by atoms with E-state index in [1.807, 2.05) is 6.92 Å². The van der Waals surface area contributed by atoms with E-state index in [1.165, 1.54) is 0 Å². The zero-order valence-electron chi connectivity index (χ0n) is 10.4. The Kier molecular flexibility index (Phi) is 3.85. The van der Waals surface area contributed by atoms with Gasteiger partial charge in [-0.3, -0.25) is 14.9 Å². The second kappa shape index (κ2) is 5.40. The number of halogens is 1. The van der Waals surface area contributed by atoms with Crippen LogP contribution in [0.15, 0.2) is 24.3 Å². The van der Waals surface area contributed by atoms with Crippen LogP contribution in [0.1, 0.15) is 19.8 Å². The summed E-state index contributed by atoms with van der Waals surface area (Å²) in [6.45, 7) is 1.87. The number of rotatable bonds is 3. The number of anilines is 1. The van der Waals surface area contributed by atoms with Gasteiger partial charge in [0, 0.05) is 0 Å². The molecule has 1 heterocycles. The molecule has 4 amide bonds. The predicted molar refractivity (Wildman–Crippen MR) is 70.9 cm³/mol. The van der Waals surface area contributed by atoms with Crippen molar-refractivity contribution in [3.63, 3.8) is 0 Å². The largest absolute Gasteiger partial charge is 0.335 e. The minimum Gasteiger partial charge on any atom is -0.277 e. The average Bonchev–Trinajstić information content (AvgIpc) is 2.36. The molecule has 1 saturated heterocycles. The summed E-state index contributed by atoms with van der Waals surface area (Å²) in [6, 6.07) is 5.77. The molecule has 2 rings (SSSR count). The zero-order chi connectivity index (χ0) is 14.0. The fourth-order valence-electron chi connectivity index (χ4n) is 2.02. The lowest BCUT2D eigenvalue weighted by Crippen LogP contribution is -2.58. The van der Waals surface area contributed by atoms with Crippen molar-refractivity contribution in [2.45, 2.75) is 19.8 Å². The molecule has 1 unspecified atom stereocenters. The van der Waals surface area contributed by atoms with Gasteiger partial charge in [0.1, 0.15) is 5.92 Å². The average molecular weight is 281 g/mol. The first-order valence-electron chi connectivity index (χ1n) is 5.99. The molecule has 0 bridgehead atoms. The molecule has 1 aromatic rings. The molecule has 6 heteroatoms. The van der Waals surface area contributed by atoms with Crippen molar-refractivity contribution in [3.05, 3.63) is 29.3 Å². The maximum absolute atomic E-state index is 12.3. The van der Waals surface area contributed by atoms with Crippen LogP contribution in [-0.2, 0) is 9.59 Å². The normalized spacial score (nSPS) is 19.6. The van der Waals surface area contributed by atoms with Crippen LogP contribution in [0.3, 0.4) is 0 Å².